The molecule has 4 nitrogen and oxygen atoms in total. The predicted molar refractivity (Wildman–Crippen MR) is 51.1 cm³/mol. The third-order valence-corrected chi connectivity index (χ3v) is 1.99. The van der Waals surface area contributed by atoms with Crippen molar-refractivity contribution in [2.24, 2.45) is 0 Å². The monoisotopic (exact) mass is 191 g/mol. The minimum Gasteiger partial charge on any atom is -0.465 e. The average Bonchev–Trinajstić information content (AvgIpc) is 2.58. The third kappa shape index (κ3) is 1.54. The summed E-state index contributed by atoms with van der Waals surface area (Å²) < 4.78 is 5.25. The van der Waals surface area contributed by atoms with Gasteiger partial charge < -0.3 is 14.8 Å². The van der Waals surface area contributed by atoms with Gasteiger partial charge in [0.2, 0.25) is 0 Å². The Kier molecular flexibility index (Phi) is 2.10. The number of carboxylic acid groups (broad SMARTS) is 1. The fourth-order valence-corrected chi connectivity index (χ4v) is 1.34. The van der Waals surface area contributed by atoms with Crippen LogP contribution in [0.5, 0.6) is 0 Å². The highest BCUT2D eigenvalue weighted by atomic mass is 16.4. The van der Waals surface area contributed by atoms with Crippen molar-refractivity contribution in [1.82, 2.24) is 5.32 Å². The minimum atomic E-state index is -1.03. The molecule has 1 amide bonds. The maximum absolute atomic E-state index is 10.3. The molecule has 0 spiro atoms. The van der Waals surface area contributed by atoms with Crippen LogP contribution >= 0.6 is 0 Å². The van der Waals surface area contributed by atoms with E-state index < -0.39 is 6.09 Å². The highest BCUT2D eigenvalue weighted by Gasteiger charge is 2.05. The zero-order valence-corrected chi connectivity index (χ0v) is 7.36. The number of fused-ring (bicyclic) bond motifs is 1. The Hall–Kier alpha value is -1.97. The molecule has 0 fully saturated rings. The number of para-hydroxylation sites is 1. The van der Waals surface area contributed by atoms with Crippen LogP contribution in [0.25, 0.3) is 11.0 Å². The quantitative estimate of drug-likeness (QED) is 0.764. The summed E-state index contributed by atoms with van der Waals surface area (Å²) in [7, 11) is 0. The molecular formula is C10H9NO3. The fraction of sp³-hybridized carbons (Fsp3) is 0.100. The molecule has 1 aromatic carbocycles. The lowest BCUT2D eigenvalue weighted by molar-refractivity contribution is 0.194. The molecule has 72 valence electrons. The van der Waals surface area contributed by atoms with Crippen LogP contribution in [0.2, 0.25) is 0 Å². The SMILES string of the molecule is O=C(O)NCc1coc2ccccc12. The van der Waals surface area contributed by atoms with Gasteiger partial charge in [0.25, 0.3) is 0 Å². The van der Waals surface area contributed by atoms with Crippen LogP contribution in [0.4, 0.5) is 4.79 Å². The van der Waals surface area contributed by atoms with Crippen molar-refractivity contribution in [1.29, 1.82) is 0 Å². The van der Waals surface area contributed by atoms with Crippen molar-refractivity contribution >= 4 is 17.1 Å². The Bertz CT molecular complexity index is 461. The van der Waals surface area contributed by atoms with Crippen LogP contribution in [0.1, 0.15) is 5.56 Å². The van der Waals surface area contributed by atoms with Crippen molar-refractivity contribution in [2.45, 2.75) is 6.54 Å². The second-order valence-corrected chi connectivity index (χ2v) is 2.92. The van der Waals surface area contributed by atoms with E-state index in [0.29, 0.717) is 0 Å². The lowest BCUT2D eigenvalue weighted by atomic mass is 10.2. The highest BCUT2D eigenvalue weighted by Crippen LogP contribution is 2.20. The zero-order chi connectivity index (χ0) is 9.97. The first-order valence-corrected chi connectivity index (χ1v) is 4.19. The molecule has 0 radical (unpaired) electrons. The van der Waals surface area contributed by atoms with E-state index in [0.717, 1.165) is 16.5 Å². The van der Waals surface area contributed by atoms with E-state index in [4.69, 9.17) is 9.52 Å². The van der Waals surface area contributed by atoms with Gasteiger partial charge in [-0.05, 0) is 6.07 Å². The standard InChI is InChI=1S/C10H9NO3/c12-10(13)11-5-7-6-14-9-4-2-1-3-8(7)9/h1-4,6,11H,5H2,(H,12,13). The van der Waals surface area contributed by atoms with Crippen LogP contribution in [-0.2, 0) is 6.54 Å². The topological polar surface area (TPSA) is 62.5 Å². The van der Waals surface area contributed by atoms with Crippen molar-refractivity contribution in [3.8, 4) is 0 Å². The fourth-order valence-electron chi connectivity index (χ4n) is 1.34. The van der Waals surface area contributed by atoms with Crippen molar-refractivity contribution in [3.63, 3.8) is 0 Å². The third-order valence-electron chi connectivity index (χ3n) is 1.99. The second-order valence-electron chi connectivity index (χ2n) is 2.92. The number of hydrogen-bond acceptors (Lipinski definition) is 2. The lowest BCUT2D eigenvalue weighted by Crippen LogP contribution is -2.19. The lowest BCUT2D eigenvalue weighted by Gasteiger charge is -1.97. The van der Waals surface area contributed by atoms with E-state index in [9.17, 15) is 4.79 Å². The number of benzene rings is 1. The molecule has 1 aromatic heterocycles. The van der Waals surface area contributed by atoms with Gasteiger partial charge >= 0.3 is 6.09 Å². The Morgan fingerprint density at radius 3 is 3.00 bits per heavy atom. The Balaban J connectivity index is 2.29. The molecule has 0 atom stereocenters. The van der Waals surface area contributed by atoms with Gasteiger partial charge in [0.05, 0.1) is 6.26 Å². The van der Waals surface area contributed by atoms with Crippen molar-refractivity contribution in [3.05, 3.63) is 36.1 Å². The van der Waals surface area contributed by atoms with E-state index in [1.165, 1.54) is 0 Å². The largest absolute Gasteiger partial charge is 0.465 e. The minimum absolute atomic E-state index is 0.270. The summed E-state index contributed by atoms with van der Waals surface area (Å²) in [5.41, 5.74) is 1.62. The maximum Gasteiger partial charge on any atom is 0.404 e. The molecule has 2 N–H and O–H groups in total. The van der Waals surface area contributed by atoms with Crippen LogP contribution < -0.4 is 5.32 Å². The molecule has 0 saturated heterocycles. The normalized spacial score (nSPS) is 10.3. The summed E-state index contributed by atoms with van der Waals surface area (Å²) in [5.74, 6) is 0. The van der Waals surface area contributed by atoms with E-state index in [-0.39, 0.29) is 6.54 Å². The molecule has 0 bridgehead atoms. The Labute approximate surface area is 80.1 Å². The number of furan rings is 1. The summed E-state index contributed by atoms with van der Waals surface area (Å²) >= 11 is 0. The van der Waals surface area contributed by atoms with Gasteiger partial charge in [-0.1, -0.05) is 18.2 Å². The first-order valence-electron chi connectivity index (χ1n) is 4.19. The molecule has 0 aliphatic rings. The maximum atomic E-state index is 10.3. The summed E-state index contributed by atoms with van der Waals surface area (Å²) in [6.45, 7) is 0.270. The molecule has 0 aliphatic heterocycles. The van der Waals surface area contributed by atoms with Crippen LogP contribution in [0.15, 0.2) is 34.9 Å². The van der Waals surface area contributed by atoms with Crippen molar-refractivity contribution in [2.75, 3.05) is 0 Å². The molecule has 1 heterocycles. The van der Waals surface area contributed by atoms with Gasteiger partial charge in [-0.15, -0.1) is 0 Å². The summed E-state index contributed by atoms with van der Waals surface area (Å²) in [4.78, 5) is 10.3. The number of rotatable bonds is 2. The number of carbonyl (C=O) groups is 1. The molecular weight excluding hydrogens is 182 g/mol. The Morgan fingerprint density at radius 1 is 1.43 bits per heavy atom. The molecule has 0 saturated carbocycles. The molecule has 2 rings (SSSR count). The van der Waals surface area contributed by atoms with Crippen LogP contribution in [-0.4, -0.2) is 11.2 Å². The molecule has 0 unspecified atom stereocenters. The zero-order valence-electron chi connectivity index (χ0n) is 7.36. The van der Waals surface area contributed by atoms with E-state index in [2.05, 4.69) is 5.32 Å². The van der Waals surface area contributed by atoms with Gasteiger partial charge in [-0.25, -0.2) is 4.79 Å². The van der Waals surface area contributed by atoms with Gasteiger partial charge in [0, 0.05) is 17.5 Å². The molecule has 2 aromatic rings. The summed E-state index contributed by atoms with van der Waals surface area (Å²) in [5, 5.41) is 11.7. The number of amides is 1. The smallest absolute Gasteiger partial charge is 0.404 e. The summed E-state index contributed by atoms with van der Waals surface area (Å²) in [6.07, 6.45) is 0.538. The van der Waals surface area contributed by atoms with Crippen molar-refractivity contribution < 1.29 is 14.3 Å². The first-order chi connectivity index (χ1) is 6.77. The molecule has 4 heteroatoms. The number of nitrogens with one attached hydrogen (secondary N) is 1. The van der Waals surface area contributed by atoms with Crippen LogP contribution in [0.3, 0.4) is 0 Å². The Morgan fingerprint density at radius 2 is 2.21 bits per heavy atom. The van der Waals surface area contributed by atoms with Gasteiger partial charge in [-0.2, -0.15) is 0 Å². The van der Waals surface area contributed by atoms with E-state index in [1.54, 1.807) is 6.26 Å². The second kappa shape index (κ2) is 3.41. The first kappa shape index (κ1) is 8.62. The van der Waals surface area contributed by atoms with Gasteiger partial charge in [0.1, 0.15) is 5.58 Å². The van der Waals surface area contributed by atoms with E-state index >= 15 is 0 Å². The van der Waals surface area contributed by atoms with E-state index in [1.807, 2.05) is 24.3 Å². The summed E-state index contributed by atoms with van der Waals surface area (Å²) in [6, 6.07) is 7.51. The molecule has 14 heavy (non-hydrogen) atoms. The number of hydrogen-bond donors (Lipinski definition) is 2. The predicted octanol–water partition coefficient (Wildman–Crippen LogP) is 2.20. The molecule has 0 aliphatic carbocycles. The van der Waals surface area contributed by atoms with Gasteiger partial charge in [0.15, 0.2) is 0 Å². The van der Waals surface area contributed by atoms with Gasteiger partial charge in [-0.3, -0.25) is 0 Å². The van der Waals surface area contributed by atoms with Crippen LogP contribution in [0, 0.1) is 0 Å². The highest BCUT2D eigenvalue weighted by molar-refractivity contribution is 5.81. The average molecular weight is 191 g/mol.